The molecule has 2 aromatic carbocycles. The molecule has 0 heterocycles. The van der Waals surface area contributed by atoms with Gasteiger partial charge in [-0.25, -0.2) is 4.39 Å². The van der Waals surface area contributed by atoms with E-state index in [0.29, 0.717) is 15.8 Å². The van der Waals surface area contributed by atoms with E-state index in [4.69, 9.17) is 4.74 Å². The van der Waals surface area contributed by atoms with Gasteiger partial charge in [-0.05, 0) is 48.0 Å². The molecule has 0 saturated heterocycles. The van der Waals surface area contributed by atoms with Crippen molar-refractivity contribution in [2.75, 3.05) is 0 Å². The van der Waals surface area contributed by atoms with Crippen LogP contribution in [0.25, 0.3) is 0 Å². The summed E-state index contributed by atoms with van der Waals surface area (Å²) in [6.07, 6.45) is -0.639. The topological polar surface area (TPSA) is 26.3 Å². The molecule has 0 N–H and O–H groups in total. The molecule has 20 heavy (non-hydrogen) atoms. The summed E-state index contributed by atoms with van der Waals surface area (Å²) in [5.41, 5.74) is 1.69. The minimum absolute atomic E-state index is 0.110. The van der Waals surface area contributed by atoms with Gasteiger partial charge in [0.25, 0.3) is 0 Å². The Balaban J connectivity index is 2.13. The number of halogens is 2. The van der Waals surface area contributed by atoms with Gasteiger partial charge in [-0.2, -0.15) is 0 Å². The Morgan fingerprint density at radius 1 is 1.20 bits per heavy atom. The van der Waals surface area contributed by atoms with Crippen LogP contribution in [0.15, 0.2) is 46.9 Å². The molecule has 0 spiro atoms. The molecule has 0 bridgehead atoms. The Morgan fingerprint density at radius 3 is 2.45 bits per heavy atom. The molecule has 0 aliphatic carbocycles. The van der Waals surface area contributed by atoms with Crippen molar-refractivity contribution >= 4 is 21.7 Å². The first-order valence-electron chi connectivity index (χ1n) is 6.20. The summed E-state index contributed by atoms with van der Waals surface area (Å²) in [5.74, 6) is -0.0256. The highest BCUT2D eigenvalue weighted by atomic mass is 79.9. The van der Waals surface area contributed by atoms with Crippen molar-refractivity contribution in [2.24, 2.45) is 0 Å². The highest BCUT2D eigenvalue weighted by Crippen LogP contribution is 2.27. The smallest absolute Gasteiger partial charge is 0.202 e. The van der Waals surface area contributed by atoms with Crippen LogP contribution in [0, 0.1) is 12.7 Å². The highest BCUT2D eigenvalue weighted by molar-refractivity contribution is 9.10. The van der Waals surface area contributed by atoms with Gasteiger partial charge < -0.3 is 4.74 Å². The number of rotatable bonds is 4. The summed E-state index contributed by atoms with van der Waals surface area (Å²) in [6.45, 7) is 3.64. The maximum Gasteiger partial charge on any atom is 0.202 e. The monoisotopic (exact) mass is 336 g/mol. The van der Waals surface area contributed by atoms with Crippen molar-refractivity contribution in [1.82, 2.24) is 0 Å². The standard InChI is InChI=1S/C16H14BrFO2/c1-10-3-5-12(6-4-10)16(19)11(2)20-15-8-7-13(18)9-14(15)17/h3-9,11H,1-2H3. The van der Waals surface area contributed by atoms with E-state index in [2.05, 4.69) is 15.9 Å². The maximum absolute atomic E-state index is 13.0. The van der Waals surface area contributed by atoms with E-state index in [1.54, 1.807) is 19.1 Å². The summed E-state index contributed by atoms with van der Waals surface area (Å²) >= 11 is 3.21. The fraction of sp³-hybridized carbons (Fsp3) is 0.188. The molecule has 104 valence electrons. The van der Waals surface area contributed by atoms with Crippen LogP contribution in [0.4, 0.5) is 4.39 Å². The summed E-state index contributed by atoms with van der Waals surface area (Å²) in [5, 5.41) is 0. The average Bonchev–Trinajstić information content (AvgIpc) is 2.42. The SMILES string of the molecule is Cc1ccc(C(=O)C(C)Oc2ccc(F)cc2Br)cc1. The van der Waals surface area contributed by atoms with Crippen LogP contribution in [-0.2, 0) is 0 Å². The van der Waals surface area contributed by atoms with E-state index in [-0.39, 0.29) is 11.6 Å². The van der Waals surface area contributed by atoms with Crippen LogP contribution < -0.4 is 4.74 Å². The highest BCUT2D eigenvalue weighted by Gasteiger charge is 2.18. The van der Waals surface area contributed by atoms with Crippen molar-refractivity contribution < 1.29 is 13.9 Å². The van der Waals surface area contributed by atoms with Crippen LogP contribution in [0.2, 0.25) is 0 Å². The number of ether oxygens (including phenoxy) is 1. The minimum atomic E-state index is -0.639. The third-order valence-corrected chi connectivity index (χ3v) is 3.52. The Morgan fingerprint density at radius 2 is 1.85 bits per heavy atom. The fourth-order valence-electron chi connectivity index (χ4n) is 1.77. The van der Waals surface area contributed by atoms with Crippen molar-refractivity contribution in [1.29, 1.82) is 0 Å². The van der Waals surface area contributed by atoms with Crippen LogP contribution in [0.1, 0.15) is 22.8 Å². The zero-order chi connectivity index (χ0) is 14.7. The van der Waals surface area contributed by atoms with Crippen molar-refractivity contribution in [2.45, 2.75) is 20.0 Å². The lowest BCUT2D eigenvalue weighted by molar-refractivity contribution is 0.0817. The molecule has 4 heteroatoms. The summed E-state index contributed by atoms with van der Waals surface area (Å²) < 4.78 is 19.1. The van der Waals surface area contributed by atoms with Gasteiger partial charge in [-0.15, -0.1) is 0 Å². The molecule has 0 saturated carbocycles. The lowest BCUT2D eigenvalue weighted by Crippen LogP contribution is -2.24. The van der Waals surface area contributed by atoms with Gasteiger partial charge >= 0.3 is 0 Å². The second kappa shape index (κ2) is 6.18. The molecular weight excluding hydrogens is 323 g/mol. The van der Waals surface area contributed by atoms with Crippen molar-refractivity contribution in [3.05, 3.63) is 63.9 Å². The summed E-state index contributed by atoms with van der Waals surface area (Å²) in [4.78, 5) is 12.2. The van der Waals surface area contributed by atoms with Gasteiger partial charge in [0.05, 0.1) is 4.47 Å². The van der Waals surface area contributed by atoms with Gasteiger partial charge in [0.15, 0.2) is 6.10 Å². The van der Waals surface area contributed by atoms with Crippen LogP contribution >= 0.6 is 15.9 Å². The Hall–Kier alpha value is -1.68. The van der Waals surface area contributed by atoms with Gasteiger partial charge in [-0.3, -0.25) is 4.79 Å². The Bertz CT molecular complexity index is 623. The molecule has 0 radical (unpaired) electrons. The van der Waals surface area contributed by atoms with Gasteiger partial charge in [0.1, 0.15) is 11.6 Å². The van der Waals surface area contributed by atoms with Crippen LogP contribution in [-0.4, -0.2) is 11.9 Å². The maximum atomic E-state index is 13.0. The predicted octanol–water partition coefficient (Wildman–Crippen LogP) is 4.55. The average molecular weight is 337 g/mol. The number of ketones is 1. The van der Waals surface area contributed by atoms with Crippen molar-refractivity contribution in [3.8, 4) is 5.75 Å². The molecule has 2 aromatic rings. The van der Waals surface area contributed by atoms with Crippen LogP contribution in [0.3, 0.4) is 0 Å². The zero-order valence-corrected chi connectivity index (χ0v) is 12.8. The normalized spacial score (nSPS) is 12.0. The number of hydrogen-bond donors (Lipinski definition) is 0. The van der Waals surface area contributed by atoms with E-state index in [1.165, 1.54) is 18.2 Å². The summed E-state index contributed by atoms with van der Waals surface area (Å²) in [7, 11) is 0. The van der Waals surface area contributed by atoms with Gasteiger partial charge in [0, 0.05) is 5.56 Å². The molecule has 0 amide bonds. The van der Waals surface area contributed by atoms with E-state index >= 15 is 0 Å². The molecule has 2 rings (SSSR count). The molecule has 2 nitrogen and oxygen atoms in total. The number of Topliss-reactive ketones (excluding diaryl/α,β-unsaturated/α-hetero) is 1. The summed E-state index contributed by atoms with van der Waals surface area (Å²) in [6, 6.07) is 11.4. The number of benzene rings is 2. The molecular formula is C16H14BrFO2. The second-order valence-electron chi connectivity index (χ2n) is 4.57. The first-order valence-corrected chi connectivity index (χ1v) is 6.99. The number of aryl methyl sites for hydroxylation is 1. The fourth-order valence-corrected chi connectivity index (χ4v) is 2.21. The molecule has 1 unspecified atom stereocenters. The predicted molar refractivity (Wildman–Crippen MR) is 79.7 cm³/mol. The number of carbonyl (C=O) groups excluding carboxylic acids is 1. The quantitative estimate of drug-likeness (QED) is 0.766. The van der Waals surface area contributed by atoms with Gasteiger partial charge in [0.2, 0.25) is 5.78 Å². The zero-order valence-electron chi connectivity index (χ0n) is 11.2. The third kappa shape index (κ3) is 3.45. The molecule has 0 aliphatic heterocycles. The first kappa shape index (κ1) is 14.7. The van der Waals surface area contributed by atoms with E-state index in [0.717, 1.165) is 5.56 Å². The molecule has 0 aromatic heterocycles. The lowest BCUT2D eigenvalue weighted by atomic mass is 10.1. The lowest BCUT2D eigenvalue weighted by Gasteiger charge is -2.15. The molecule has 1 atom stereocenters. The minimum Gasteiger partial charge on any atom is -0.481 e. The Labute approximate surface area is 125 Å². The van der Waals surface area contributed by atoms with E-state index in [1.807, 2.05) is 19.1 Å². The first-order chi connectivity index (χ1) is 9.47. The molecule has 0 aliphatic rings. The Kier molecular flexibility index (Phi) is 4.55. The largest absolute Gasteiger partial charge is 0.481 e. The van der Waals surface area contributed by atoms with Crippen LogP contribution in [0.5, 0.6) is 5.75 Å². The third-order valence-electron chi connectivity index (χ3n) is 2.90. The van der Waals surface area contributed by atoms with Gasteiger partial charge in [-0.1, -0.05) is 29.8 Å². The molecule has 0 fully saturated rings. The number of hydrogen-bond acceptors (Lipinski definition) is 2. The van der Waals surface area contributed by atoms with Crippen molar-refractivity contribution in [3.63, 3.8) is 0 Å². The number of carbonyl (C=O) groups is 1. The van der Waals surface area contributed by atoms with E-state index in [9.17, 15) is 9.18 Å². The van der Waals surface area contributed by atoms with E-state index < -0.39 is 6.10 Å². The second-order valence-corrected chi connectivity index (χ2v) is 5.42.